The summed E-state index contributed by atoms with van der Waals surface area (Å²) in [6.07, 6.45) is 3.32. The second kappa shape index (κ2) is 3.16. The smallest absolute Gasteiger partial charge is 0.174 e. The van der Waals surface area contributed by atoms with Gasteiger partial charge in [-0.05, 0) is 11.5 Å². The zero-order chi connectivity index (χ0) is 10.1. The first-order chi connectivity index (χ1) is 7.43. The number of benzene rings is 1. The summed E-state index contributed by atoms with van der Waals surface area (Å²) in [6, 6.07) is 10.1. The van der Waals surface area contributed by atoms with Gasteiger partial charge in [0.05, 0.1) is 0 Å². The zero-order valence-electron chi connectivity index (χ0n) is 7.88. The molecular weight excluding hydrogens is 188 g/mol. The van der Waals surface area contributed by atoms with Crippen LogP contribution in [0.15, 0.2) is 42.9 Å². The number of nitrogens with zero attached hydrogens (tertiary/aromatic N) is 3. The van der Waals surface area contributed by atoms with Gasteiger partial charge in [0.25, 0.3) is 0 Å². The fraction of sp³-hybridized carbons (Fsp3) is 0. The molecule has 2 aromatic heterocycles. The molecule has 0 amide bonds. The monoisotopic (exact) mass is 196 g/mol. The van der Waals surface area contributed by atoms with E-state index in [1.54, 1.807) is 0 Å². The molecule has 0 aliphatic carbocycles. The van der Waals surface area contributed by atoms with Gasteiger partial charge in [0.2, 0.25) is 0 Å². The van der Waals surface area contributed by atoms with Crippen molar-refractivity contribution in [2.45, 2.75) is 0 Å². The fourth-order valence-corrected chi connectivity index (χ4v) is 1.54. The summed E-state index contributed by atoms with van der Waals surface area (Å²) in [5.74, 6) is 0.695. The standard InChI is InChI=1S/C11H8N4/c1-2-4-9-6-12-10(5-8(9)3-1)11-13-7-14-15-11/h1-7H,(H,13,14,15). The highest BCUT2D eigenvalue weighted by molar-refractivity contribution is 5.84. The molecule has 0 radical (unpaired) electrons. The van der Waals surface area contributed by atoms with Gasteiger partial charge in [-0.2, -0.15) is 5.10 Å². The molecule has 3 aromatic rings. The van der Waals surface area contributed by atoms with E-state index in [0.29, 0.717) is 5.82 Å². The molecule has 0 spiro atoms. The van der Waals surface area contributed by atoms with Gasteiger partial charge < -0.3 is 0 Å². The van der Waals surface area contributed by atoms with Crippen LogP contribution >= 0.6 is 0 Å². The Morgan fingerprint density at radius 3 is 2.67 bits per heavy atom. The van der Waals surface area contributed by atoms with E-state index in [9.17, 15) is 0 Å². The number of hydrogen-bond donors (Lipinski definition) is 1. The third-order valence-electron chi connectivity index (χ3n) is 2.29. The SMILES string of the molecule is c1ccc2cc(-c3ncn[nH]3)ncc2c1. The minimum atomic E-state index is 0.695. The minimum absolute atomic E-state index is 0.695. The lowest BCUT2D eigenvalue weighted by atomic mass is 10.1. The summed E-state index contributed by atoms with van der Waals surface area (Å²) >= 11 is 0. The number of nitrogens with one attached hydrogen (secondary N) is 1. The highest BCUT2D eigenvalue weighted by Gasteiger charge is 2.02. The van der Waals surface area contributed by atoms with Crippen LogP contribution in [0.4, 0.5) is 0 Å². The molecule has 0 fully saturated rings. The molecule has 0 aliphatic heterocycles. The number of aromatic amines is 1. The third kappa shape index (κ3) is 1.36. The first-order valence-corrected chi connectivity index (χ1v) is 4.64. The molecule has 3 rings (SSSR count). The number of rotatable bonds is 1. The maximum Gasteiger partial charge on any atom is 0.174 e. The van der Waals surface area contributed by atoms with Crippen molar-refractivity contribution >= 4 is 10.8 Å². The average molecular weight is 196 g/mol. The van der Waals surface area contributed by atoms with Crippen LogP contribution in [0.2, 0.25) is 0 Å². The highest BCUT2D eigenvalue weighted by atomic mass is 15.2. The van der Waals surface area contributed by atoms with Gasteiger partial charge in [-0.15, -0.1) is 0 Å². The van der Waals surface area contributed by atoms with Crippen molar-refractivity contribution in [1.29, 1.82) is 0 Å². The van der Waals surface area contributed by atoms with Crippen LogP contribution in [0.1, 0.15) is 0 Å². The Kier molecular flexibility index (Phi) is 1.71. The lowest BCUT2D eigenvalue weighted by Crippen LogP contribution is -1.85. The first kappa shape index (κ1) is 8.11. The Labute approximate surface area is 86.0 Å². The Morgan fingerprint density at radius 1 is 1.00 bits per heavy atom. The molecule has 4 nitrogen and oxygen atoms in total. The molecule has 0 unspecified atom stereocenters. The molecule has 2 heterocycles. The number of aromatic nitrogens is 4. The van der Waals surface area contributed by atoms with Gasteiger partial charge in [0.1, 0.15) is 12.0 Å². The molecule has 0 aliphatic rings. The van der Waals surface area contributed by atoms with Gasteiger partial charge >= 0.3 is 0 Å². The molecule has 0 saturated carbocycles. The summed E-state index contributed by atoms with van der Waals surface area (Å²) in [5, 5.41) is 8.87. The van der Waals surface area contributed by atoms with Crippen molar-refractivity contribution in [2.24, 2.45) is 0 Å². The maximum absolute atomic E-state index is 4.32. The van der Waals surface area contributed by atoms with Gasteiger partial charge in [-0.1, -0.05) is 24.3 Å². The van der Waals surface area contributed by atoms with Crippen molar-refractivity contribution in [2.75, 3.05) is 0 Å². The first-order valence-electron chi connectivity index (χ1n) is 4.64. The number of fused-ring (bicyclic) bond motifs is 1. The topological polar surface area (TPSA) is 54.5 Å². The van der Waals surface area contributed by atoms with Gasteiger partial charge in [-0.3, -0.25) is 10.1 Å². The maximum atomic E-state index is 4.32. The molecule has 72 valence electrons. The largest absolute Gasteiger partial charge is 0.258 e. The summed E-state index contributed by atoms with van der Waals surface area (Å²) in [6.45, 7) is 0. The lowest BCUT2D eigenvalue weighted by Gasteiger charge is -1.98. The van der Waals surface area contributed by atoms with Crippen molar-refractivity contribution < 1.29 is 0 Å². The lowest BCUT2D eigenvalue weighted by molar-refractivity contribution is 1.09. The third-order valence-corrected chi connectivity index (χ3v) is 2.29. The predicted molar refractivity (Wildman–Crippen MR) is 57.1 cm³/mol. The molecular formula is C11H8N4. The van der Waals surface area contributed by atoms with Gasteiger partial charge in [0.15, 0.2) is 5.82 Å². The quantitative estimate of drug-likeness (QED) is 0.647. The summed E-state index contributed by atoms with van der Waals surface area (Å²) in [7, 11) is 0. The van der Waals surface area contributed by atoms with Crippen molar-refractivity contribution in [3.8, 4) is 11.5 Å². The van der Waals surface area contributed by atoms with Crippen LogP contribution in [0.25, 0.3) is 22.3 Å². The number of hydrogen-bond acceptors (Lipinski definition) is 3. The van der Waals surface area contributed by atoms with E-state index >= 15 is 0 Å². The Hall–Kier alpha value is -2.23. The van der Waals surface area contributed by atoms with Crippen molar-refractivity contribution in [1.82, 2.24) is 20.2 Å². The normalized spacial score (nSPS) is 10.7. The minimum Gasteiger partial charge on any atom is -0.258 e. The molecule has 15 heavy (non-hydrogen) atoms. The molecule has 0 atom stereocenters. The second-order valence-electron chi connectivity index (χ2n) is 3.25. The Morgan fingerprint density at radius 2 is 1.87 bits per heavy atom. The Balaban J connectivity index is 2.22. The Bertz CT molecular complexity index is 586. The van der Waals surface area contributed by atoms with Gasteiger partial charge in [-0.25, -0.2) is 4.98 Å². The highest BCUT2D eigenvalue weighted by Crippen LogP contribution is 2.18. The molecule has 1 aromatic carbocycles. The van der Waals surface area contributed by atoms with E-state index in [1.165, 1.54) is 6.33 Å². The van der Waals surface area contributed by atoms with Crippen molar-refractivity contribution in [3.63, 3.8) is 0 Å². The summed E-state index contributed by atoms with van der Waals surface area (Å²) < 4.78 is 0. The second-order valence-corrected chi connectivity index (χ2v) is 3.25. The molecule has 4 heteroatoms. The molecule has 0 bridgehead atoms. The van der Waals surface area contributed by atoms with Crippen LogP contribution in [0, 0.1) is 0 Å². The van der Waals surface area contributed by atoms with E-state index in [0.717, 1.165) is 16.5 Å². The average Bonchev–Trinajstić information content (AvgIpc) is 2.82. The van der Waals surface area contributed by atoms with E-state index in [1.807, 2.05) is 30.5 Å². The van der Waals surface area contributed by atoms with Crippen LogP contribution < -0.4 is 0 Å². The zero-order valence-corrected chi connectivity index (χ0v) is 7.88. The van der Waals surface area contributed by atoms with E-state index in [2.05, 4.69) is 26.2 Å². The number of pyridine rings is 1. The summed E-state index contributed by atoms with van der Waals surface area (Å²) in [4.78, 5) is 8.38. The van der Waals surface area contributed by atoms with Crippen LogP contribution in [-0.2, 0) is 0 Å². The van der Waals surface area contributed by atoms with Crippen LogP contribution in [-0.4, -0.2) is 20.2 Å². The van der Waals surface area contributed by atoms with Crippen LogP contribution in [0.5, 0.6) is 0 Å². The van der Waals surface area contributed by atoms with E-state index in [-0.39, 0.29) is 0 Å². The predicted octanol–water partition coefficient (Wildman–Crippen LogP) is 2.02. The molecule has 1 N–H and O–H groups in total. The van der Waals surface area contributed by atoms with Crippen molar-refractivity contribution in [3.05, 3.63) is 42.9 Å². The van der Waals surface area contributed by atoms with Crippen LogP contribution in [0.3, 0.4) is 0 Å². The van der Waals surface area contributed by atoms with E-state index in [4.69, 9.17) is 0 Å². The summed E-state index contributed by atoms with van der Waals surface area (Å²) in [5.41, 5.74) is 0.811. The van der Waals surface area contributed by atoms with Gasteiger partial charge in [0, 0.05) is 11.6 Å². The fourth-order valence-electron chi connectivity index (χ4n) is 1.54. The number of H-pyrrole nitrogens is 1. The molecule has 0 saturated heterocycles. The van der Waals surface area contributed by atoms with E-state index < -0.39 is 0 Å².